The third-order valence-corrected chi connectivity index (χ3v) is 8.55. The quantitative estimate of drug-likeness (QED) is 0.0800. The molecule has 4 aromatic heterocycles. The summed E-state index contributed by atoms with van der Waals surface area (Å²) in [5.74, 6) is 2.20. The number of hydrogen-bond acceptors (Lipinski definition) is 10. The molecular formula is C32H34FN7O4Si. The highest BCUT2D eigenvalue weighted by molar-refractivity contribution is 6.76. The van der Waals surface area contributed by atoms with E-state index in [0.29, 0.717) is 51.4 Å². The maximum absolute atomic E-state index is 15.7. The van der Waals surface area contributed by atoms with Crippen molar-refractivity contribution in [3.63, 3.8) is 0 Å². The van der Waals surface area contributed by atoms with Gasteiger partial charge in [-0.2, -0.15) is 0 Å². The molecule has 0 saturated heterocycles. The van der Waals surface area contributed by atoms with E-state index in [4.69, 9.17) is 26.4 Å². The summed E-state index contributed by atoms with van der Waals surface area (Å²) in [5.41, 5.74) is 9.80. The van der Waals surface area contributed by atoms with Crippen molar-refractivity contribution in [2.24, 2.45) is 0 Å². The summed E-state index contributed by atoms with van der Waals surface area (Å²) in [6, 6.07) is 8.72. The number of hydrogen-bond donors (Lipinski definition) is 2. The predicted octanol–water partition coefficient (Wildman–Crippen LogP) is 5.78. The predicted molar refractivity (Wildman–Crippen MR) is 172 cm³/mol. The Hall–Kier alpha value is -4.90. The van der Waals surface area contributed by atoms with Gasteiger partial charge in [-0.25, -0.2) is 29.3 Å². The van der Waals surface area contributed by atoms with E-state index >= 15 is 4.39 Å². The molecule has 0 aliphatic carbocycles. The number of aryl methyl sites for hydroxylation is 1. The average molecular weight is 628 g/mol. The number of halogens is 1. The molecule has 5 rings (SSSR count). The van der Waals surface area contributed by atoms with Crippen LogP contribution in [0.1, 0.15) is 18.3 Å². The lowest BCUT2D eigenvalue weighted by molar-refractivity contribution is 0.0000217. The number of nitrogen functional groups attached to an aromatic ring is 1. The highest BCUT2D eigenvalue weighted by atomic mass is 28.3. The van der Waals surface area contributed by atoms with Crippen molar-refractivity contribution in [2.75, 3.05) is 12.3 Å². The summed E-state index contributed by atoms with van der Waals surface area (Å²) in [5, 5.41) is 10.7. The minimum atomic E-state index is -1.38. The molecule has 0 saturated carbocycles. The molecule has 0 spiro atoms. The van der Waals surface area contributed by atoms with Crippen molar-refractivity contribution in [3.8, 4) is 52.2 Å². The van der Waals surface area contributed by atoms with Gasteiger partial charge in [0, 0.05) is 44.4 Å². The number of anilines is 1. The maximum Gasteiger partial charge on any atom is 0.322 e. The Balaban J connectivity index is 1.73. The number of pyridine rings is 1. The molecule has 1 atom stereocenters. The van der Waals surface area contributed by atoms with E-state index in [2.05, 4.69) is 50.5 Å². The first-order valence-electron chi connectivity index (χ1n) is 14.2. The van der Waals surface area contributed by atoms with Crippen LogP contribution in [0.4, 0.5) is 10.2 Å². The number of aliphatic hydroxyl groups is 1. The monoisotopic (exact) mass is 627 g/mol. The molecule has 13 heteroatoms. The SMILES string of the molecule is C#Cc1cc(OC(C)O)c(-c2c(-c3ccc(Oc4nccc(C)n4)c(F)c3)c3c(N)ncnc3n2COCC[Si](C)(C)C)cn1. The van der Waals surface area contributed by atoms with Crippen LogP contribution < -0.4 is 15.2 Å². The van der Waals surface area contributed by atoms with Gasteiger partial charge in [-0.15, -0.1) is 6.42 Å². The second kappa shape index (κ2) is 13.0. The highest BCUT2D eigenvalue weighted by Gasteiger charge is 2.27. The molecule has 0 fully saturated rings. The normalized spacial score (nSPS) is 12.2. The number of terminal acetylenes is 1. The zero-order chi connectivity index (χ0) is 32.3. The van der Waals surface area contributed by atoms with Gasteiger partial charge in [-0.3, -0.25) is 0 Å². The minimum Gasteiger partial charge on any atom is -0.465 e. The van der Waals surface area contributed by atoms with Crippen molar-refractivity contribution < 1.29 is 23.7 Å². The van der Waals surface area contributed by atoms with Crippen molar-refractivity contribution in [2.45, 2.75) is 52.6 Å². The van der Waals surface area contributed by atoms with Crippen LogP contribution in [0.5, 0.6) is 17.5 Å². The molecule has 0 radical (unpaired) electrons. The van der Waals surface area contributed by atoms with Gasteiger partial charge in [-0.05, 0) is 43.7 Å². The number of nitrogens with two attached hydrogens (primary N) is 1. The number of benzene rings is 1. The van der Waals surface area contributed by atoms with Crippen LogP contribution in [0.25, 0.3) is 33.4 Å². The zero-order valence-corrected chi connectivity index (χ0v) is 26.7. The number of fused-ring (bicyclic) bond motifs is 1. The van der Waals surface area contributed by atoms with E-state index in [9.17, 15) is 5.11 Å². The largest absolute Gasteiger partial charge is 0.465 e. The van der Waals surface area contributed by atoms with Crippen molar-refractivity contribution >= 4 is 24.9 Å². The zero-order valence-electron chi connectivity index (χ0n) is 25.7. The van der Waals surface area contributed by atoms with Crippen LogP contribution in [0.15, 0.2) is 49.1 Å². The summed E-state index contributed by atoms with van der Waals surface area (Å²) < 4.78 is 35.2. The van der Waals surface area contributed by atoms with Crippen LogP contribution in [-0.4, -0.2) is 55.6 Å². The van der Waals surface area contributed by atoms with Crippen LogP contribution in [-0.2, 0) is 11.5 Å². The second-order valence-corrected chi connectivity index (χ2v) is 17.2. The van der Waals surface area contributed by atoms with Gasteiger partial charge in [0.05, 0.1) is 16.6 Å². The van der Waals surface area contributed by atoms with Crippen LogP contribution in [0, 0.1) is 25.1 Å². The Morgan fingerprint density at radius 2 is 1.91 bits per heavy atom. The summed E-state index contributed by atoms with van der Waals surface area (Å²) in [4.78, 5) is 21.5. The third-order valence-electron chi connectivity index (χ3n) is 6.85. The summed E-state index contributed by atoms with van der Waals surface area (Å²) in [7, 11) is -1.38. The van der Waals surface area contributed by atoms with Crippen molar-refractivity contribution in [1.82, 2.24) is 29.5 Å². The van der Waals surface area contributed by atoms with E-state index < -0.39 is 20.2 Å². The smallest absolute Gasteiger partial charge is 0.322 e. The van der Waals surface area contributed by atoms with Gasteiger partial charge >= 0.3 is 6.01 Å². The van der Waals surface area contributed by atoms with Gasteiger partial charge in [0.2, 0.25) is 0 Å². The minimum absolute atomic E-state index is 0.0200. The van der Waals surface area contributed by atoms with Crippen molar-refractivity contribution in [3.05, 3.63) is 66.3 Å². The molecule has 0 aliphatic rings. The number of aromatic nitrogens is 6. The van der Waals surface area contributed by atoms with Gasteiger partial charge < -0.3 is 29.6 Å². The van der Waals surface area contributed by atoms with Crippen LogP contribution >= 0.6 is 0 Å². The summed E-state index contributed by atoms with van der Waals surface area (Å²) in [6.45, 7) is 10.7. The van der Waals surface area contributed by atoms with Crippen LogP contribution in [0.3, 0.4) is 0 Å². The first kappa shape index (κ1) is 31.5. The standard InChI is InChI=1S/C32H34FN7O4Si/c1-7-22-15-26(43-20(3)41)23(16-36-22)29-27(21-8-9-25(24(33)14-21)44-32-35-11-10-19(2)39-32)28-30(34)37-17-38-31(28)40(29)18-42-12-13-45(4,5)6/h1,8-11,14-17,20,41H,12-13,18H2,2-6H3,(H2,34,37,38). The lowest BCUT2D eigenvalue weighted by Gasteiger charge is -2.19. The van der Waals surface area contributed by atoms with Crippen LogP contribution in [0.2, 0.25) is 25.7 Å². The van der Waals surface area contributed by atoms with Crippen molar-refractivity contribution in [1.29, 1.82) is 0 Å². The third kappa shape index (κ3) is 7.09. The first-order valence-corrected chi connectivity index (χ1v) is 18.0. The lowest BCUT2D eigenvalue weighted by atomic mass is 9.98. The lowest BCUT2D eigenvalue weighted by Crippen LogP contribution is -2.22. The molecule has 0 aliphatic heterocycles. The Bertz CT molecular complexity index is 1900. The molecule has 4 heterocycles. The van der Waals surface area contributed by atoms with E-state index in [0.717, 1.165) is 6.04 Å². The fourth-order valence-corrected chi connectivity index (χ4v) is 5.46. The molecule has 1 unspecified atom stereocenters. The van der Waals surface area contributed by atoms with Gasteiger partial charge in [0.1, 0.15) is 36.0 Å². The van der Waals surface area contributed by atoms with E-state index in [1.54, 1.807) is 25.1 Å². The summed E-state index contributed by atoms with van der Waals surface area (Å²) in [6.07, 6.45) is 8.89. The molecule has 0 amide bonds. The molecule has 5 aromatic rings. The first-order chi connectivity index (χ1) is 21.4. The van der Waals surface area contributed by atoms with E-state index in [1.165, 1.54) is 37.8 Å². The molecule has 11 nitrogen and oxygen atoms in total. The number of rotatable bonds is 11. The number of nitrogens with zero attached hydrogens (tertiary/aromatic N) is 6. The maximum atomic E-state index is 15.7. The molecule has 3 N–H and O–H groups in total. The molecule has 0 bridgehead atoms. The van der Waals surface area contributed by atoms with E-state index in [-0.39, 0.29) is 30.1 Å². The fourth-order valence-electron chi connectivity index (χ4n) is 4.70. The van der Waals surface area contributed by atoms with Gasteiger partial charge in [0.15, 0.2) is 17.9 Å². The Labute approximate surface area is 261 Å². The fraction of sp³-hybridized carbons (Fsp3) is 0.281. The Morgan fingerprint density at radius 1 is 1.11 bits per heavy atom. The Morgan fingerprint density at radius 3 is 2.60 bits per heavy atom. The molecule has 1 aromatic carbocycles. The topological polar surface area (TPSA) is 143 Å². The Kier molecular flexibility index (Phi) is 9.10. The number of aliphatic hydroxyl groups excluding tert-OH is 1. The average Bonchev–Trinajstić information content (AvgIpc) is 3.30. The highest BCUT2D eigenvalue weighted by Crippen LogP contribution is 2.45. The van der Waals surface area contributed by atoms with Gasteiger partial charge in [-0.1, -0.05) is 31.6 Å². The van der Waals surface area contributed by atoms with E-state index in [1.807, 2.05) is 4.57 Å². The summed E-state index contributed by atoms with van der Waals surface area (Å²) >= 11 is 0. The molecular weight excluding hydrogens is 593 g/mol. The van der Waals surface area contributed by atoms with Gasteiger partial charge in [0.25, 0.3) is 0 Å². The molecule has 232 valence electrons. The number of ether oxygens (including phenoxy) is 3. The second-order valence-electron chi connectivity index (χ2n) is 11.6. The molecule has 45 heavy (non-hydrogen) atoms.